The number of nitrogen functional groups attached to an aromatic ring is 2. The van der Waals surface area contributed by atoms with Gasteiger partial charge < -0.3 is 25.7 Å². The van der Waals surface area contributed by atoms with E-state index in [2.05, 4.69) is 9.97 Å². The van der Waals surface area contributed by atoms with Gasteiger partial charge in [0.05, 0.1) is 5.56 Å². The highest BCUT2D eigenvalue weighted by Crippen LogP contribution is 2.41. The van der Waals surface area contributed by atoms with Gasteiger partial charge in [0, 0.05) is 31.5 Å². The standard InChI is InChI=1S/C16H18N4O3/c1-21-16(22-2,12-9-19-15(18)20-14(12)17)11-6-3-7-13-10(11)5-4-8-23-13/h3-7,9H,8H2,1-2H3,(H4,17,18,19,20). The molecule has 0 fully saturated rings. The van der Waals surface area contributed by atoms with Gasteiger partial charge in [-0.3, -0.25) is 0 Å². The van der Waals surface area contributed by atoms with Crippen LogP contribution >= 0.6 is 0 Å². The predicted octanol–water partition coefficient (Wildman–Crippen LogP) is 1.54. The summed E-state index contributed by atoms with van der Waals surface area (Å²) in [6.07, 6.45) is 5.40. The van der Waals surface area contributed by atoms with Gasteiger partial charge in [-0.1, -0.05) is 18.2 Å². The molecule has 7 heteroatoms. The Kier molecular flexibility index (Phi) is 3.89. The molecular weight excluding hydrogens is 296 g/mol. The molecule has 1 aromatic heterocycles. The molecule has 2 heterocycles. The van der Waals surface area contributed by atoms with Gasteiger partial charge in [0.15, 0.2) is 0 Å². The monoisotopic (exact) mass is 314 g/mol. The zero-order chi connectivity index (χ0) is 16.4. The van der Waals surface area contributed by atoms with E-state index < -0.39 is 5.79 Å². The number of ether oxygens (including phenoxy) is 3. The zero-order valence-electron chi connectivity index (χ0n) is 12.9. The van der Waals surface area contributed by atoms with E-state index in [0.29, 0.717) is 12.2 Å². The highest BCUT2D eigenvalue weighted by Gasteiger charge is 2.40. The molecule has 0 spiro atoms. The molecule has 7 nitrogen and oxygen atoms in total. The Morgan fingerprint density at radius 1 is 1.17 bits per heavy atom. The van der Waals surface area contributed by atoms with E-state index in [-0.39, 0.29) is 11.8 Å². The summed E-state index contributed by atoms with van der Waals surface area (Å²) in [5.41, 5.74) is 13.7. The van der Waals surface area contributed by atoms with Crippen LogP contribution in [0, 0.1) is 0 Å². The summed E-state index contributed by atoms with van der Waals surface area (Å²) in [5.74, 6) is -0.239. The van der Waals surface area contributed by atoms with Crippen molar-refractivity contribution in [2.24, 2.45) is 0 Å². The van der Waals surface area contributed by atoms with Crippen LogP contribution in [0.15, 0.2) is 30.5 Å². The average molecular weight is 314 g/mol. The molecule has 0 bridgehead atoms. The van der Waals surface area contributed by atoms with E-state index in [0.717, 1.165) is 16.9 Å². The van der Waals surface area contributed by atoms with Gasteiger partial charge >= 0.3 is 0 Å². The van der Waals surface area contributed by atoms with Crippen LogP contribution in [0.5, 0.6) is 5.75 Å². The van der Waals surface area contributed by atoms with Crippen LogP contribution in [0.2, 0.25) is 0 Å². The van der Waals surface area contributed by atoms with Crippen molar-refractivity contribution < 1.29 is 14.2 Å². The molecule has 1 aliphatic rings. The Bertz CT molecular complexity index is 757. The average Bonchev–Trinajstić information content (AvgIpc) is 2.58. The van der Waals surface area contributed by atoms with Crippen LogP contribution < -0.4 is 16.2 Å². The number of hydrogen-bond acceptors (Lipinski definition) is 7. The van der Waals surface area contributed by atoms with E-state index in [9.17, 15) is 0 Å². The van der Waals surface area contributed by atoms with Crippen LogP contribution in [-0.2, 0) is 15.3 Å². The molecule has 3 rings (SSSR count). The molecule has 0 saturated heterocycles. The predicted molar refractivity (Wildman–Crippen MR) is 86.6 cm³/mol. The number of methoxy groups -OCH3 is 2. The van der Waals surface area contributed by atoms with Crippen LogP contribution in [0.3, 0.4) is 0 Å². The lowest BCUT2D eigenvalue weighted by molar-refractivity contribution is -0.183. The highest BCUT2D eigenvalue weighted by molar-refractivity contribution is 5.66. The van der Waals surface area contributed by atoms with Gasteiger partial charge in [0.2, 0.25) is 11.7 Å². The summed E-state index contributed by atoms with van der Waals surface area (Å²) in [7, 11) is 3.07. The quantitative estimate of drug-likeness (QED) is 0.824. The lowest BCUT2D eigenvalue weighted by atomic mass is 9.92. The molecule has 23 heavy (non-hydrogen) atoms. The van der Waals surface area contributed by atoms with Crippen LogP contribution in [0.25, 0.3) is 6.08 Å². The number of benzene rings is 1. The van der Waals surface area contributed by atoms with Crippen molar-refractivity contribution in [1.29, 1.82) is 0 Å². The van der Waals surface area contributed by atoms with Gasteiger partial charge in [-0.2, -0.15) is 4.98 Å². The summed E-state index contributed by atoms with van der Waals surface area (Å²) in [6, 6.07) is 5.65. The van der Waals surface area contributed by atoms with Crippen molar-refractivity contribution >= 4 is 17.8 Å². The van der Waals surface area contributed by atoms with Crippen molar-refractivity contribution in [3.05, 3.63) is 47.2 Å². The number of hydrogen-bond donors (Lipinski definition) is 2. The smallest absolute Gasteiger partial charge is 0.227 e. The molecule has 0 saturated carbocycles. The topological polar surface area (TPSA) is 106 Å². The number of aromatic nitrogens is 2. The third-order valence-corrected chi connectivity index (χ3v) is 3.81. The van der Waals surface area contributed by atoms with Crippen molar-refractivity contribution in [2.45, 2.75) is 5.79 Å². The Balaban J connectivity index is 2.26. The summed E-state index contributed by atoms with van der Waals surface area (Å²) < 4.78 is 17.1. The molecule has 0 radical (unpaired) electrons. The summed E-state index contributed by atoms with van der Waals surface area (Å²) in [6.45, 7) is 0.524. The zero-order valence-corrected chi connectivity index (χ0v) is 12.9. The maximum atomic E-state index is 6.03. The Morgan fingerprint density at radius 2 is 1.96 bits per heavy atom. The normalized spacial score (nSPS) is 13.5. The van der Waals surface area contributed by atoms with Gasteiger partial charge in [0.25, 0.3) is 0 Å². The first-order chi connectivity index (χ1) is 11.1. The molecule has 1 aliphatic heterocycles. The van der Waals surface area contributed by atoms with Crippen LogP contribution in [0.4, 0.5) is 11.8 Å². The Morgan fingerprint density at radius 3 is 2.65 bits per heavy atom. The largest absolute Gasteiger partial charge is 0.489 e. The third-order valence-electron chi connectivity index (χ3n) is 3.81. The fraction of sp³-hybridized carbons (Fsp3) is 0.250. The van der Waals surface area contributed by atoms with Crippen LogP contribution in [-0.4, -0.2) is 30.8 Å². The van der Waals surface area contributed by atoms with Gasteiger partial charge in [-0.05, 0) is 12.1 Å². The van der Waals surface area contributed by atoms with E-state index in [1.807, 2.05) is 30.4 Å². The molecule has 0 atom stereocenters. The fourth-order valence-electron chi connectivity index (χ4n) is 2.76. The van der Waals surface area contributed by atoms with Crippen molar-refractivity contribution in [3.63, 3.8) is 0 Å². The molecular formula is C16H18N4O3. The molecule has 0 unspecified atom stereocenters. The SMILES string of the molecule is COC(OC)(c1cnc(N)nc1N)c1cccc2c1C=CCO2. The molecule has 0 aliphatic carbocycles. The van der Waals surface area contributed by atoms with Crippen molar-refractivity contribution in [1.82, 2.24) is 9.97 Å². The van der Waals surface area contributed by atoms with Crippen molar-refractivity contribution in [2.75, 3.05) is 32.3 Å². The first kappa shape index (κ1) is 15.3. The minimum atomic E-state index is -1.27. The molecule has 2 aromatic rings. The van der Waals surface area contributed by atoms with E-state index >= 15 is 0 Å². The molecule has 1 aromatic carbocycles. The minimum Gasteiger partial charge on any atom is -0.489 e. The molecule has 0 amide bonds. The lowest BCUT2D eigenvalue weighted by Gasteiger charge is -2.34. The van der Waals surface area contributed by atoms with Crippen LogP contribution in [0.1, 0.15) is 16.7 Å². The van der Waals surface area contributed by atoms with Crippen molar-refractivity contribution in [3.8, 4) is 5.75 Å². The number of nitrogens with two attached hydrogens (primary N) is 2. The van der Waals surface area contributed by atoms with Gasteiger partial charge in [-0.25, -0.2) is 4.98 Å². The number of nitrogens with zero attached hydrogens (tertiary/aromatic N) is 2. The second kappa shape index (κ2) is 5.86. The summed E-state index contributed by atoms with van der Waals surface area (Å²) >= 11 is 0. The maximum absolute atomic E-state index is 6.03. The first-order valence-electron chi connectivity index (χ1n) is 7.04. The number of rotatable bonds is 4. The number of anilines is 2. The highest BCUT2D eigenvalue weighted by atomic mass is 16.7. The Labute approximate surface area is 133 Å². The third kappa shape index (κ3) is 2.39. The van der Waals surface area contributed by atoms with Gasteiger partial charge in [0.1, 0.15) is 18.2 Å². The second-order valence-electron chi connectivity index (χ2n) is 4.98. The maximum Gasteiger partial charge on any atom is 0.227 e. The first-order valence-corrected chi connectivity index (χ1v) is 7.04. The summed E-state index contributed by atoms with van der Waals surface area (Å²) in [4.78, 5) is 8.02. The minimum absolute atomic E-state index is 0.0886. The van der Waals surface area contributed by atoms with Gasteiger partial charge in [-0.15, -0.1) is 0 Å². The molecule has 120 valence electrons. The van der Waals surface area contributed by atoms with E-state index in [1.165, 1.54) is 20.4 Å². The fourth-order valence-corrected chi connectivity index (χ4v) is 2.76. The van der Waals surface area contributed by atoms with E-state index in [4.69, 9.17) is 25.7 Å². The molecule has 4 N–H and O–H groups in total. The lowest BCUT2D eigenvalue weighted by Crippen LogP contribution is -2.35. The Hall–Kier alpha value is -2.64. The second-order valence-corrected chi connectivity index (χ2v) is 4.98. The summed E-state index contributed by atoms with van der Waals surface area (Å²) in [5, 5.41) is 0. The van der Waals surface area contributed by atoms with E-state index in [1.54, 1.807) is 0 Å². The number of fused-ring (bicyclic) bond motifs is 1.